The summed E-state index contributed by atoms with van der Waals surface area (Å²) < 4.78 is 16.6. The van der Waals surface area contributed by atoms with Crippen LogP contribution in [-0.2, 0) is 12.8 Å². The summed E-state index contributed by atoms with van der Waals surface area (Å²) in [6.07, 6.45) is 1.83. The first-order chi connectivity index (χ1) is 13.6. The fourth-order valence-electron chi connectivity index (χ4n) is 3.86. The number of benzene rings is 3. The summed E-state index contributed by atoms with van der Waals surface area (Å²) in [5.74, 6) is -0.434. The Labute approximate surface area is 175 Å². The third-order valence-corrected chi connectivity index (χ3v) is 5.90. The van der Waals surface area contributed by atoms with E-state index in [9.17, 15) is 4.39 Å². The zero-order valence-electron chi connectivity index (χ0n) is 14.8. The fraction of sp³-hybridized carbons (Fsp3) is 0.0870. The minimum atomic E-state index is -0.434. The van der Waals surface area contributed by atoms with Crippen molar-refractivity contribution in [1.29, 1.82) is 0 Å². The Kier molecular flexibility index (Phi) is 4.33. The van der Waals surface area contributed by atoms with Crippen LogP contribution in [0.25, 0.3) is 28.1 Å². The zero-order chi connectivity index (χ0) is 19.3. The molecule has 0 N–H and O–H groups in total. The van der Waals surface area contributed by atoms with E-state index in [-0.39, 0.29) is 5.02 Å². The summed E-state index contributed by atoms with van der Waals surface area (Å²) in [5, 5.41) is 5.01. The Morgan fingerprint density at radius 3 is 2.64 bits per heavy atom. The lowest BCUT2D eigenvalue weighted by molar-refractivity contribution is 0.627. The Morgan fingerprint density at radius 2 is 1.82 bits per heavy atom. The first-order valence-electron chi connectivity index (χ1n) is 9.03. The van der Waals surface area contributed by atoms with Crippen LogP contribution in [0, 0.1) is 5.82 Å². The number of fused-ring (bicyclic) bond motifs is 3. The van der Waals surface area contributed by atoms with Crippen LogP contribution in [0.1, 0.15) is 11.3 Å². The van der Waals surface area contributed by atoms with E-state index in [1.165, 1.54) is 17.2 Å². The molecule has 0 atom stereocenters. The van der Waals surface area contributed by atoms with Crippen molar-refractivity contribution < 1.29 is 4.39 Å². The van der Waals surface area contributed by atoms with Crippen molar-refractivity contribution in [2.45, 2.75) is 12.8 Å². The zero-order valence-corrected chi connectivity index (χ0v) is 17.1. The van der Waals surface area contributed by atoms with E-state index in [1.807, 2.05) is 16.8 Å². The molecule has 0 aliphatic heterocycles. The summed E-state index contributed by atoms with van der Waals surface area (Å²) in [6.45, 7) is 0. The highest BCUT2D eigenvalue weighted by atomic mass is 79.9. The number of aromatic nitrogens is 2. The van der Waals surface area contributed by atoms with Gasteiger partial charge in [-0.2, -0.15) is 5.10 Å². The van der Waals surface area contributed by atoms with Gasteiger partial charge in [0.2, 0.25) is 0 Å². The van der Waals surface area contributed by atoms with Crippen LogP contribution in [0.4, 0.5) is 4.39 Å². The number of hydrogen-bond donors (Lipinski definition) is 0. The molecular formula is C23H15BrClFN2. The average Bonchev–Trinajstić information content (AvgIpc) is 3.10. The van der Waals surface area contributed by atoms with Gasteiger partial charge in [-0.15, -0.1) is 0 Å². The highest BCUT2D eigenvalue weighted by Gasteiger charge is 2.26. The van der Waals surface area contributed by atoms with Crippen molar-refractivity contribution in [2.75, 3.05) is 0 Å². The smallest absolute Gasteiger partial charge is 0.141 e. The monoisotopic (exact) mass is 452 g/mol. The van der Waals surface area contributed by atoms with Gasteiger partial charge in [-0.3, -0.25) is 0 Å². The molecule has 4 aromatic rings. The summed E-state index contributed by atoms with van der Waals surface area (Å²) in [4.78, 5) is 0. The standard InChI is InChI=1S/C23H15BrClFN2/c24-16-6-3-5-15(12-16)23-22-18-7-2-1-4-14(18)8-11-21(22)27-28(23)17-9-10-20(26)19(25)13-17/h1-7,9-10,12-13H,8,11H2. The number of nitrogens with zero attached hydrogens (tertiary/aromatic N) is 2. The molecule has 3 aromatic carbocycles. The van der Waals surface area contributed by atoms with Crippen LogP contribution >= 0.6 is 27.5 Å². The average molecular weight is 454 g/mol. The second-order valence-corrected chi connectivity index (χ2v) is 8.17. The molecule has 0 fully saturated rings. The van der Waals surface area contributed by atoms with Gasteiger partial charge >= 0.3 is 0 Å². The molecule has 1 heterocycles. The molecule has 0 radical (unpaired) electrons. The van der Waals surface area contributed by atoms with Crippen LogP contribution < -0.4 is 0 Å². The molecule has 0 spiro atoms. The minimum absolute atomic E-state index is 0.0894. The van der Waals surface area contributed by atoms with E-state index in [0.29, 0.717) is 0 Å². The number of rotatable bonds is 2. The molecule has 0 amide bonds. The molecule has 28 heavy (non-hydrogen) atoms. The molecule has 5 rings (SSSR count). The fourth-order valence-corrected chi connectivity index (χ4v) is 4.44. The third kappa shape index (κ3) is 2.88. The molecule has 2 nitrogen and oxygen atoms in total. The quantitative estimate of drug-likeness (QED) is 0.324. The Bertz CT molecular complexity index is 1220. The van der Waals surface area contributed by atoms with Crippen LogP contribution in [-0.4, -0.2) is 9.78 Å². The van der Waals surface area contributed by atoms with Crippen molar-refractivity contribution in [2.24, 2.45) is 0 Å². The Balaban J connectivity index is 1.84. The highest BCUT2D eigenvalue weighted by molar-refractivity contribution is 9.10. The van der Waals surface area contributed by atoms with Crippen molar-refractivity contribution in [3.05, 3.63) is 93.3 Å². The van der Waals surface area contributed by atoms with Crippen molar-refractivity contribution >= 4 is 27.5 Å². The number of hydrogen-bond acceptors (Lipinski definition) is 1. The molecule has 0 saturated carbocycles. The van der Waals surface area contributed by atoms with Crippen molar-refractivity contribution in [3.8, 4) is 28.1 Å². The third-order valence-electron chi connectivity index (χ3n) is 5.12. The minimum Gasteiger partial charge on any atom is -0.232 e. The molecule has 1 aliphatic rings. The van der Waals surface area contributed by atoms with E-state index in [4.69, 9.17) is 16.7 Å². The van der Waals surface area contributed by atoms with Gasteiger partial charge < -0.3 is 0 Å². The first-order valence-corrected chi connectivity index (χ1v) is 10.2. The van der Waals surface area contributed by atoms with E-state index in [2.05, 4.69) is 52.3 Å². The molecule has 138 valence electrons. The second kappa shape index (κ2) is 6.87. The predicted molar refractivity (Wildman–Crippen MR) is 115 cm³/mol. The van der Waals surface area contributed by atoms with Crippen LogP contribution in [0.15, 0.2) is 71.2 Å². The van der Waals surface area contributed by atoms with E-state index >= 15 is 0 Å². The van der Waals surface area contributed by atoms with Gasteiger partial charge in [0.25, 0.3) is 0 Å². The summed E-state index contributed by atoms with van der Waals surface area (Å²) in [5.41, 5.74) is 7.50. The van der Waals surface area contributed by atoms with Gasteiger partial charge in [-0.1, -0.05) is 63.9 Å². The van der Waals surface area contributed by atoms with Crippen molar-refractivity contribution in [3.63, 3.8) is 0 Å². The first kappa shape index (κ1) is 17.7. The van der Waals surface area contributed by atoms with Gasteiger partial charge in [0.1, 0.15) is 5.82 Å². The topological polar surface area (TPSA) is 17.8 Å². The van der Waals surface area contributed by atoms with Gasteiger partial charge in [-0.25, -0.2) is 9.07 Å². The lowest BCUT2D eigenvalue weighted by Crippen LogP contribution is -2.03. The molecule has 0 bridgehead atoms. The van der Waals surface area contributed by atoms with E-state index in [1.54, 1.807) is 12.1 Å². The van der Waals surface area contributed by atoms with Gasteiger partial charge in [0.05, 0.1) is 22.1 Å². The molecule has 0 saturated heterocycles. The van der Waals surface area contributed by atoms with Crippen LogP contribution in [0.2, 0.25) is 5.02 Å². The van der Waals surface area contributed by atoms with Gasteiger partial charge in [-0.05, 0) is 54.3 Å². The number of aryl methyl sites for hydroxylation is 2. The SMILES string of the molecule is Fc1ccc(-n2nc3c(c2-c2cccc(Br)c2)-c2ccccc2CC3)cc1Cl. The molecule has 1 aliphatic carbocycles. The van der Waals surface area contributed by atoms with Crippen LogP contribution in [0.5, 0.6) is 0 Å². The lowest BCUT2D eigenvalue weighted by atomic mass is 9.87. The maximum Gasteiger partial charge on any atom is 0.141 e. The largest absolute Gasteiger partial charge is 0.232 e. The van der Waals surface area contributed by atoms with Gasteiger partial charge in [0, 0.05) is 15.6 Å². The van der Waals surface area contributed by atoms with Crippen LogP contribution in [0.3, 0.4) is 0 Å². The number of halogens is 3. The predicted octanol–water partition coefficient (Wildman–Crippen LogP) is 6.86. The summed E-state index contributed by atoms with van der Waals surface area (Å²) in [6, 6.07) is 21.4. The summed E-state index contributed by atoms with van der Waals surface area (Å²) >= 11 is 9.65. The van der Waals surface area contributed by atoms with Crippen molar-refractivity contribution in [1.82, 2.24) is 9.78 Å². The van der Waals surface area contributed by atoms with Gasteiger partial charge in [0.15, 0.2) is 0 Å². The maximum absolute atomic E-state index is 13.7. The second-order valence-electron chi connectivity index (χ2n) is 6.85. The highest BCUT2D eigenvalue weighted by Crippen LogP contribution is 2.42. The molecular weight excluding hydrogens is 439 g/mol. The Hall–Kier alpha value is -2.43. The van der Waals surface area contributed by atoms with E-state index < -0.39 is 5.82 Å². The lowest BCUT2D eigenvalue weighted by Gasteiger charge is -2.17. The summed E-state index contributed by atoms with van der Waals surface area (Å²) in [7, 11) is 0. The molecule has 5 heteroatoms. The molecule has 1 aromatic heterocycles. The molecule has 0 unspecified atom stereocenters. The normalized spacial score (nSPS) is 12.5. The van der Waals surface area contributed by atoms with E-state index in [0.717, 1.165) is 45.5 Å². The Morgan fingerprint density at radius 1 is 0.964 bits per heavy atom. The maximum atomic E-state index is 13.7.